The predicted molar refractivity (Wildman–Crippen MR) is 77.3 cm³/mol. The molecule has 0 radical (unpaired) electrons. The van der Waals surface area contributed by atoms with Crippen LogP contribution in [0.2, 0.25) is 0 Å². The van der Waals surface area contributed by atoms with Gasteiger partial charge in [0, 0.05) is 25.5 Å². The van der Waals surface area contributed by atoms with Crippen LogP contribution in [0.5, 0.6) is 0 Å². The number of fused-ring (bicyclic) bond motifs is 1. The van der Waals surface area contributed by atoms with E-state index in [2.05, 4.69) is 38.3 Å². The Hall–Kier alpha value is -1.14. The van der Waals surface area contributed by atoms with E-state index in [0.717, 1.165) is 36.2 Å². The largest absolute Gasteiger partial charge is 0.381 e. The van der Waals surface area contributed by atoms with Crippen molar-refractivity contribution in [1.29, 1.82) is 0 Å². The molecule has 1 aliphatic heterocycles. The van der Waals surface area contributed by atoms with Gasteiger partial charge in [0.2, 0.25) is 5.95 Å². The molecule has 0 saturated carbocycles. The second kappa shape index (κ2) is 5.46. The van der Waals surface area contributed by atoms with E-state index in [9.17, 15) is 0 Å². The molecule has 0 aromatic carbocycles. The molecule has 5 nitrogen and oxygen atoms in total. The van der Waals surface area contributed by atoms with Gasteiger partial charge in [-0.1, -0.05) is 0 Å². The molecule has 1 unspecified atom stereocenters. The van der Waals surface area contributed by atoms with Crippen LogP contribution in [0, 0.1) is 5.92 Å². The number of aromatic nitrogens is 3. The minimum atomic E-state index is 0.361. The summed E-state index contributed by atoms with van der Waals surface area (Å²) in [6, 6.07) is 4.27. The second-order valence-corrected chi connectivity index (χ2v) is 5.80. The Labute approximate surface area is 120 Å². The molecule has 2 aromatic heterocycles. The molecule has 102 valence electrons. The Morgan fingerprint density at radius 1 is 1.47 bits per heavy atom. The van der Waals surface area contributed by atoms with Gasteiger partial charge in [0.15, 0.2) is 5.65 Å². The summed E-state index contributed by atoms with van der Waals surface area (Å²) in [5.41, 5.74) is 0.837. The minimum absolute atomic E-state index is 0.361. The standard InChI is InChI=1S/C13H17BrN4O/c1-9(10-4-7-19-8-5-10)15-13-16-12-11(14)3-2-6-18(12)17-13/h2-3,6,9-10H,4-5,7-8H2,1H3,(H,15,17). The van der Waals surface area contributed by atoms with Gasteiger partial charge in [-0.3, -0.25) is 0 Å². The number of hydrogen-bond acceptors (Lipinski definition) is 4. The monoisotopic (exact) mass is 324 g/mol. The molecule has 1 N–H and O–H groups in total. The third-order valence-electron chi connectivity index (χ3n) is 3.64. The number of halogens is 1. The van der Waals surface area contributed by atoms with Crippen molar-refractivity contribution in [2.24, 2.45) is 5.92 Å². The molecule has 0 spiro atoms. The third kappa shape index (κ3) is 2.74. The number of rotatable bonds is 3. The molecular formula is C13H17BrN4O. The van der Waals surface area contributed by atoms with Crippen LogP contribution in [-0.2, 0) is 4.74 Å². The Kier molecular flexibility index (Phi) is 3.70. The van der Waals surface area contributed by atoms with E-state index in [1.165, 1.54) is 0 Å². The van der Waals surface area contributed by atoms with E-state index in [1.54, 1.807) is 4.52 Å². The van der Waals surface area contributed by atoms with Crippen molar-refractivity contribution in [3.05, 3.63) is 22.8 Å². The number of ether oxygens (including phenoxy) is 1. The molecule has 6 heteroatoms. The van der Waals surface area contributed by atoms with Crippen LogP contribution in [0.15, 0.2) is 22.8 Å². The van der Waals surface area contributed by atoms with Gasteiger partial charge >= 0.3 is 0 Å². The molecule has 2 aromatic rings. The fourth-order valence-corrected chi connectivity index (χ4v) is 2.90. The first-order valence-corrected chi connectivity index (χ1v) is 7.38. The average molecular weight is 325 g/mol. The van der Waals surface area contributed by atoms with Gasteiger partial charge in [-0.25, -0.2) is 4.52 Å². The van der Waals surface area contributed by atoms with Crippen molar-refractivity contribution < 1.29 is 4.74 Å². The summed E-state index contributed by atoms with van der Waals surface area (Å²) in [6.07, 6.45) is 4.11. The predicted octanol–water partition coefficient (Wildman–Crippen LogP) is 2.72. The fraction of sp³-hybridized carbons (Fsp3) is 0.538. The normalized spacial score (nSPS) is 18.6. The Morgan fingerprint density at radius 3 is 3.00 bits per heavy atom. The molecule has 0 amide bonds. The zero-order valence-electron chi connectivity index (χ0n) is 10.8. The van der Waals surface area contributed by atoms with Crippen molar-refractivity contribution in [2.45, 2.75) is 25.8 Å². The summed E-state index contributed by atoms with van der Waals surface area (Å²) < 4.78 is 8.13. The van der Waals surface area contributed by atoms with Gasteiger partial charge < -0.3 is 10.1 Å². The van der Waals surface area contributed by atoms with E-state index in [0.29, 0.717) is 17.9 Å². The van der Waals surface area contributed by atoms with Gasteiger partial charge in [-0.15, -0.1) is 5.10 Å². The SMILES string of the molecule is CC(Nc1nc2c(Br)cccn2n1)C1CCOCC1. The van der Waals surface area contributed by atoms with Crippen molar-refractivity contribution in [1.82, 2.24) is 14.6 Å². The maximum Gasteiger partial charge on any atom is 0.243 e. The molecule has 1 fully saturated rings. The van der Waals surface area contributed by atoms with Crippen molar-refractivity contribution in [3.63, 3.8) is 0 Å². The lowest BCUT2D eigenvalue weighted by molar-refractivity contribution is 0.0621. The number of nitrogens with one attached hydrogen (secondary N) is 1. The lowest BCUT2D eigenvalue weighted by atomic mass is 9.93. The summed E-state index contributed by atoms with van der Waals surface area (Å²) in [4.78, 5) is 4.51. The second-order valence-electron chi connectivity index (χ2n) is 4.94. The number of nitrogens with zero attached hydrogens (tertiary/aromatic N) is 3. The maximum absolute atomic E-state index is 5.39. The molecular weight excluding hydrogens is 308 g/mol. The summed E-state index contributed by atoms with van der Waals surface area (Å²) >= 11 is 3.49. The number of pyridine rings is 1. The van der Waals surface area contributed by atoms with Crippen LogP contribution in [0.3, 0.4) is 0 Å². The zero-order chi connectivity index (χ0) is 13.2. The summed E-state index contributed by atoms with van der Waals surface area (Å²) in [6.45, 7) is 3.92. The average Bonchev–Trinajstić information content (AvgIpc) is 2.84. The fourth-order valence-electron chi connectivity index (χ4n) is 2.47. The number of anilines is 1. The van der Waals surface area contributed by atoms with Crippen LogP contribution in [0.25, 0.3) is 5.65 Å². The summed E-state index contributed by atoms with van der Waals surface area (Å²) in [5.74, 6) is 1.31. The van der Waals surface area contributed by atoms with Crippen LogP contribution in [0.4, 0.5) is 5.95 Å². The molecule has 1 saturated heterocycles. The highest BCUT2D eigenvalue weighted by atomic mass is 79.9. The number of hydrogen-bond donors (Lipinski definition) is 1. The minimum Gasteiger partial charge on any atom is -0.381 e. The highest BCUT2D eigenvalue weighted by Crippen LogP contribution is 2.22. The van der Waals surface area contributed by atoms with Crippen LogP contribution < -0.4 is 5.32 Å². The molecule has 0 bridgehead atoms. The van der Waals surface area contributed by atoms with Crippen LogP contribution in [-0.4, -0.2) is 33.9 Å². The quantitative estimate of drug-likeness (QED) is 0.943. The lowest BCUT2D eigenvalue weighted by Crippen LogP contribution is -2.31. The van der Waals surface area contributed by atoms with Crippen LogP contribution in [0.1, 0.15) is 19.8 Å². The van der Waals surface area contributed by atoms with Gasteiger partial charge in [0.1, 0.15) is 0 Å². The molecule has 1 aliphatic rings. The van der Waals surface area contributed by atoms with Crippen molar-refractivity contribution >= 4 is 27.5 Å². The summed E-state index contributed by atoms with van der Waals surface area (Å²) in [7, 11) is 0. The van der Waals surface area contributed by atoms with E-state index in [1.807, 2.05) is 18.3 Å². The Morgan fingerprint density at radius 2 is 2.26 bits per heavy atom. The van der Waals surface area contributed by atoms with Gasteiger partial charge in [-0.2, -0.15) is 4.98 Å². The first-order valence-electron chi connectivity index (χ1n) is 6.59. The first kappa shape index (κ1) is 12.9. The first-order chi connectivity index (χ1) is 9.24. The highest BCUT2D eigenvalue weighted by Gasteiger charge is 2.21. The Balaban J connectivity index is 1.75. The van der Waals surface area contributed by atoms with E-state index >= 15 is 0 Å². The molecule has 3 heterocycles. The Bertz CT molecular complexity index is 565. The third-order valence-corrected chi connectivity index (χ3v) is 4.26. The van der Waals surface area contributed by atoms with E-state index < -0.39 is 0 Å². The molecule has 19 heavy (non-hydrogen) atoms. The molecule has 0 aliphatic carbocycles. The maximum atomic E-state index is 5.39. The van der Waals surface area contributed by atoms with Crippen molar-refractivity contribution in [2.75, 3.05) is 18.5 Å². The van der Waals surface area contributed by atoms with Crippen molar-refractivity contribution in [3.8, 4) is 0 Å². The van der Waals surface area contributed by atoms with Gasteiger partial charge in [0.25, 0.3) is 0 Å². The highest BCUT2D eigenvalue weighted by molar-refractivity contribution is 9.10. The lowest BCUT2D eigenvalue weighted by Gasteiger charge is -2.27. The summed E-state index contributed by atoms with van der Waals surface area (Å²) in [5, 5.41) is 7.85. The smallest absolute Gasteiger partial charge is 0.243 e. The van der Waals surface area contributed by atoms with Gasteiger partial charge in [-0.05, 0) is 53.7 Å². The molecule has 3 rings (SSSR count). The van der Waals surface area contributed by atoms with E-state index in [-0.39, 0.29) is 0 Å². The molecule has 1 atom stereocenters. The topological polar surface area (TPSA) is 51.5 Å². The zero-order valence-corrected chi connectivity index (χ0v) is 12.4. The van der Waals surface area contributed by atoms with Crippen LogP contribution >= 0.6 is 15.9 Å². The van der Waals surface area contributed by atoms with E-state index in [4.69, 9.17) is 4.74 Å². The van der Waals surface area contributed by atoms with Gasteiger partial charge in [0.05, 0.1) is 4.47 Å².